The molecule has 3 amide bonds. The zero-order valence-corrected chi connectivity index (χ0v) is 18.9. The van der Waals surface area contributed by atoms with E-state index in [2.05, 4.69) is 20.6 Å². The number of piperidine rings is 1. The minimum atomic E-state index is -0.929. The standard InChI is InChI=1S/C22H20Cl2N4O4/c1-22(2,17-7-16-15(9-25-17)27-10-32-16)21(31)26-8-11-5-13(23)19(14(24)6-11)12-3-4-18(29)28-20(12)30/h5-7,9-10,12H,3-4,8H2,1-2H3,(H,26,31)(H,28,29,30). The number of oxazole rings is 1. The quantitative estimate of drug-likeness (QED) is 0.545. The molecule has 1 unspecified atom stereocenters. The van der Waals surface area contributed by atoms with Crippen LogP contribution in [0.25, 0.3) is 11.1 Å². The minimum absolute atomic E-state index is 0.182. The van der Waals surface area contributed by atoms with E-state index in [0.717, 1.165) is 0 Å². The fourth-order valence-electron chi connectivity index (χ4n) is 3.66. The molecule has 32 heavy (non-hydrogen) atoms. The van der Waals surface area contributed by atoms with Crippen molar-refractivity contribution in [2.75, 3.05) is 0 Å². The van der Waals surface area contributed by atoms with Gasteiger partial charge in [0.25, 0.3) is 0 Å². The number of amides is 3. The number of rotatable bonds is 5. The Hall–Kier alpha value is -2.97. The van der Waals surface area contributed by atoms with E-state index in [0.29, 0.717) is 44.4 Å². The summed E-state index contributed by atoms with van der Waals surface area (Å²) in [6.07, 6.45) is 3.46. The van der Waals surface area contributed by atoms with Crippen LogP contribution < -0.4 is 10.6 Å². The smallest absolute Gasteiger partial charge is 0.234 e. The Morgan fingerprint density at radius 3 is 2.62 bits per heavy atom. The number of imide groups is 1. The average Bonchev–Trinajstić information content (AvgIpc) is 3.21. The van der Waals surface area contributed by atoms with Gasteiger partial charge >= 0.3 is 0 Å². The van der Waals surface area contributed by atoms with Gasteiger partial charge in [0, 0.05) is 34.6 Å². The largest absolute Gasteiger partial charge is 0.443 e. The number of carbonyl (C=O) groups excluding carboxylic acids is 3. The van der Waals surface area contributed by atoms with E-state index < -0.39 is 17.2 Å². The van der Waals surface area contributed by atoms with Crippen LogP contribution in [-0.2, 0) is 26.3 Å². The molecular weight excluding hydrogens is 455 g/mol. The summed E-state index contributed by atoms with van der Waals surface area (Å²) in [5.74, 6) is -1.56. The molecule has 2 N–H and O–H groups in total. The second-order valence-electron chi connectivity index (χ2n) is 8.17. The maximum Gasteiger partial charge on any atom is 0.234 e. The van der Waals surface area contributed by atoms with Crippen LogP contribution in [0.15, 0.2) is 35.2 Å². The first-order valence-corrected chi connectivity index (χ1v) is 10.7. The monoisotopic (exact) mass is 474 g/mol. The van der Waals surface area contributed by atoms with Crippen molar-refractivity contribution in [3.05, 3.63) is 57.7 Å². The SMILES string of the molecule is CC(C)(C(=O)NCc1cc(Cl)c(C2CCC(=O)NC2=O)c(Cl)c1)c1cc2ocnc2cn1. The number of fused-ring (bicyclic) bond motifs is 1. The van der Waals surface area contributed by atoms with Gasteiger partial charge in [-0.25, -0.2) is 4.98 Å². The summed E-state index contributed by atoms with van der Waals surface area (Å²) in [5.41, 5.74) is 1.95. The van der Waals surface area contributed by atoms with E-state index in [-0.39, 0.29) is 24.8 Å². The highest BCUT2D eigenvalue weighted by Crippen LogP contribution is 2.37. The first-order valence-electron chi connectivity index (χ1n) is 9.96. The lowest BCUT2D eigenvalue weighted by Crippen LogP contribution is -2.40. The molecule has 1 atom stereocenters. The number of pyridine rings is 1. The second kappa shape index (κ2) is 8.52. The van der Waals surface area contributed by atoms with Crippen LogP contribution in [0.3, 0.4) is 0 Å². The number of nitrogens with zero attached hydrogens (tertiary/aromatic N) is 2. The number of benzene rings is 1. The Morgan fingerprint density at radius 1 is 1.22 bits per heavy atom. The molecule has 0 radical (unpaired) electrons. The molecule has 1 fully saturated rings. The van der Waals surface area contributed by atoms with Gasteiger partial charge in [0.05, 0.1) is 23.2 Å². The zero-order valence-electron chi connectivity index (χ0n) is 17.4. The first-order chi connectivity index (χ1) is 15.2. The van der Waals surface area contributed by atoms with Crippen molar-refractivity contribution in [3.63, 3.8) is 0 Å². The van der Waals surface area contributed by atoms with E-state index in [4.69, 9.17) is 27.6 Å². The molecule has 0 aliphatic carbocycles. The Morgan fingerprint density at radius 2 is 1.94 bits per heavy atom. The second-order valence-corrected chi connectivity index (χ2v) is 8.99. The summed E-state index contributed by atoms with van der Waals surface area (Å²) >= 11 is 12.9. The van der Waals surface area contributed by atoms with Crippen LogP contribution in [0.4, 0.5) is 0 Å². The van der Waals surface area contributed by atoms with Crippen LogP contribution in [0, 0.1) is 0 Å². The Balaban J connectivity index is 1.49. The normalized spacial score (nSPS) is 16.8. The lowest BCUT2D eigenvalue weighted by atomic mass is 9.87. The van der Waals surface area contributed by atoms with Gasteiger partial charge in [0.2, 0.25) is 17.7 Å². The maximum absolute atomic E-state index is 12.9. The fraction of sp³-hybridized carbons (Fsp3) is 0.318. The van der Waals surface area contributed by atoms with Crippen molar-refractivity contribution in [2.45, 2.75) is 44.6 Å². The first kappa shape index (κ1) is 22.2. The number of halogens is 2. The Bertz CT molecular complexity index is 1210. The molecular formula is C22H20Cl2N4O4. The summed E-state index contributed by atoms with van der Waals surface area (Å²) in [4.78, 5) is 44.9. The van der Waals surface area contributed by atoms with Gasteiger partial charge in [-0.1, -0.05) is 23.2 Å². The topological polar surface area (TPSA) is 114 Å². The van der Waals surface area contributed by atoms with Crippen LogP contribution in [0.5, 0.6) is 0 Å². The van der Waals surface area contributed by atoms with Gasteiger partial charge in [-0.3, -0.25) is 24.7 Å². The highest BCUT2D eigenvalue weighted by atomic mass is 35.5. The molecule has 10 heteroatoms. The highest BCUT2D eigenvalue weighted by Gasteiger charge is 2.33. The van der Waals surface area contributed by atoms with Crippen molar-refractivity contribution in [3.8, 4) is 0 Å². The van der Waals surface area contributed by atoms with Crippen molar-refractivity contribution in [1.82, 2.24) is 20.6 Å². The molecule has 3 heterocycles. The van der Waals surface area contributed by atoms with E-state index in [1.165, 1.54) is 6.39 Å². The molecule has 3 aromatic rings. The van der Waals surface area contributed by atoms with Crippen molar-refractivity contribution < 1.29 is 18.8 Å². The number of hydrogen-bond donors (Lipinski definition) is 2. The summed E-state index contributed by atoms with van der Waals surface area (Å²) in [7, 11) is 0. The molecule has 0 saturated carbocycles. The summed E-state index contributed by atoms with van der Waals surface area (Å²) in [6.45, 7) is 3.71. The maximum atomic E-state index is 12.9. The molecule has 2 aromatic heterocycles. The molecule has 1 aliphatic rings. The summed E-state index contributed by atoms with van der Waals surface area (Å²) in [5, 5.41) is 5.82. The van der Waals surface area contributed by atoms with Crippen LogP contribution in [0.2, 0.25) is 10.0 Å². The Kier molecular flexibility index (Phi) is 5.92. The van der Waals surface area contributed by atoms with E-state index in [9.17, 15) is 14.4 Å². The average molecular weight is 475 g/mol. The number of nitrogens with one attached hydrogen (secondary N) is 2. The molecule has 0 spiro atoms. The van der Waals surface area contributed by atoms with E-state index in [1.807, 2.05) is 0 Å². The number of carbonyl (C=O) groups is 3. The van der Waals surface area contributed by atoms with Crippen LogP contribution >= 0.6 is 23.2 Å². The third kappa shape index (κ3) is 4.20. The number of aromatic nitrogens is 2. The van der Waals surface area contributed by atoms with Crippen LogP contribution in [-0.4, -0.2) is 27.7 Å². The van der Waals surface area contributed by atoms with Crippen molar-refractivity contribution in [1.29, 1.82) is 0 Å². The zero-order chi connectivity index (χ0) is 23.0. The number of hydrogen-bond acceptors (Lipinski definition) is 6. The van der Waals surface area contributed by atoms with Gasteiger partial charge in [0.1, 0.15) is 5.52 Å². The molecule has 1 saturated heterocycles. The molecule has 0 bridgehead atoms. The lowest BCUT2D eigenvalue weighted by molar-refractivity contribution is -0.134. The predicted molar refractivity (Wildman–Crippen MR) is 118 cm³/mol. The summed E-state index contributed by atoms with van der Waals surface area (Å²) < 4.78 is 5.30. The minimum Gasteiger partial charge on any atom is -0.443 e. The molecule has 4 rings (SSSR count). The van der Waals surface area contributed by atoms with Crippen molar-refractivity contribution in [2.24, 2.45) is 0 Å². The van der Waals surface area contributed by atoms with Crippen LogP contribution in [0.1, 0.15) is 49.4 Å². The van der Waals surface area contributed by atoms with Gasteiger partial charge in [-0.05, 0) is 38.0 Å². The van der Waals surface area contributed by atoms with Gasteiger partial charge in [-0.2, -0.15) is 0 Å². The molecule has 166 valence electrons. The Labute approximate surface area is 193 Å². The van der Waals surface area contributed by atoms with Gasteiger partial charge < -0.3 is 9.73 Å². The van der Waals surface area contributed by atoms with Gasteiger partial charge in [-0.15, -0.1) is 0 Å². The molecule has 1 aromatic carbocycles. The molecule has 1 aliphatic heterocycles. The lowest BCUT2D eigenvalue weighted by Gasteiger charge is -2.24. The predicted octanol–water partition coefficient (Wildman–Crippen LogP) is 3.64. The third-order valence-electron chi connectivity index (χ3n) is 5.61. The highest BCUT2D eigenvalue weighted by molar-refractivity contribution is 6.36. The van der Waals surface area contributed by atoms with Gasteiger partial charge in [0.15, 0.2) is 12.0 Å². The summed E-state index contributed by atoms with van der Waals surface area (Å²) in [6, 6.07) is 5.03. The van der Waals surface area contributed by atoms with E-state index >= 15 is 0 Å². The third-order valence-corrected chi connectivity index (χ3v) is 6.23. The van der Waals surface area contributed by atoms with E-state index in [1.54, 1.807) is 38.2 Å². The fourth-order valence-corrected chi connectivity index (χ4v) is 4.46. The van der Waals surface area contributed by atoms with Crippen molar-refractivity contribution >= 4 is 52.0 Å². The molecule has 8 nitrogen and oxygen atoms in total.